The smallest absolute Gasteiger partial charge is 0.179 e. The van der Waals surface area contributed by atoms with Crippen LogP contribution in [0.4, 0.5) is 0 Å². The molecule has 0 amide bonds. The van der Waals surface area contributed by atoms with Gasteiger partial charge in [0.1, 0.15) is 11.6 Å². The van der Waals surface area contributed by atoms with Crippen LogP contribution < -0.4 is 0 Å². The lowest BCUT2D eigenvalue weighted by atomic mass is 10.1. The van der Waals surface area contributed by atoms with Crippen LogP contribution in [0.5, 0.6) is 0 Å². The monoisotopic (exact) mass is 225 g/mol. The predicted molar refractivity (Wildman–Crippen MR) is 64.6 cm³/mol. The van der Waals surface area contributed by atoms with Crippen LogP contribution in [0.1, 0.15) is 11.3 Å². The van der Waals surface area contributed by atoms with Crippen molar-refractivity contribution in [1.29, 1.82) is 5.26 Å². The first kappa shape index (κ1) is 11.0. The maximum atomic E-state index is 9.25. The summed E-state index contributed by atoms with van der Waals surface area (Å²) in [6, 6.07) is 15.1. The minimum absolute atomic E-state index is 0.448. The first-order chi connectivity index (χ1) is 8.36. The number of nitriles is 1. The average molecular weight is 225 g/mol. The second-order valence-electron chi connectivity index (χ2n) is 3.36. The first-order valence-corrected chi connectivity index (χ1v) is 5.14. The van der Waals surface area contributed by atoms with E-state index in [4.69, 9.17) is 9.15 Å². The lowest BCUT2D eigenvalue weighted by Crippen LogP contribution is -1.91. The summed E-state index contributed by atoms with van der Waals surface area (Å²) in [7, 11) is 1.53. The highest BCUT2D eigenvalue weighted by atomic mass is 16.5. The molecule has 0 aliphatic carbocycles. The van der Waals surface area contributed by atoms with Gasteiger partial charge in [0.15, 0.2) is 11.5 Å². The van der Waals surface area contributed by atoms with Gasteiger partial charge in [-0.15, -0.1) is 0 Å². The second-order valence-corrected chi connectivity index (χ2v) is 3.36. The topological polar surface area (TPSA) is 46.2 Å². The van der Waals surface area contributed by atoms with E-state index >= 15 is 0 Å². The maximum Gasteiger partial charge on any atom is 0.179 e. The Balaban J connectivity index is 2.57. The van der Waals surface area contributed by atoms with E-state index in [0.29, 0.717) is 17.1 Å². The Morgan fingerprint density at radius 1 is 1.18 bits per heavy atom. The highest BCUT2D eigenvalue weighted by molar-refractivity contribution is 5.93. The minimum atomic E-state index is 0.448. The zero-order valence-electron chi connectivity index (χ0n) is 9.38. The highest BCUT2D eigenvalue weighted by Crippen LogP contribution is 2.26. The molecular weight excluding hydrogens is 214 g/mol. The third-order valence-corrected chi connectivity index (χ3v) is 2.35. The van der Waals surface area contributed by atoms with Crippen LogP contribution in [0.3, 0.4) is 0 Å². The molecule has 2 rings (SSSR count). The summed E-state index contributed by atoms with van der Waals surface area (Å²) in [5.74, 6) is 0.997. The van der Waals surface area contributed by atoms with E-state index in [-0.39, 0.29) is 0 Å². The molecule has 0 bridgehead atoms. The summed E-state index contributed by atoms with van der Waals surface area (Å²) in [5.41, 5.74) is 1.27. The molecule has 1 aromatic carbocycles. The molecule has 17 heavy (non-hydrogen) atoms. The van der Waals surface area contributed by atoms with Gasteiger partial charge in [-0.25, -0.2) is 0 Å². The fourth-order valence-electron chi connectivity index (χ4n) is 1.58. The molecule has 0 saturated carbocycles. The molecule has 0 fully saturated rings. The largest absolute Gasteiger partial charge is 0.492 e. The normalized spacial score (nSPS) is 11.5. The van der Waals surface area contributed by atoms with E-state index in [9.17, 15) is 5.26 Å². The summed E-state index contributed by atoms with van der Waals surface area (Å²) in [5, 5.41) is 9.25. The van der Waals surface area contributed by atoms with Crippen molar-refractivity contribution < 1.29 is 9.15 Å². The van der Waals surface area contributed by atoms with Gasteiger partial charge in [-0.05, 0) is 17.7 Å². The molecule has 0 N–H and O–H groups in total. The number of methoxy groups -OCH3 is 1. The molecule has 0 atom stereocenters. The van der Waals surface area contributed by atoms with Gasteiger partial charge in [-0.1, -0.05) is 30.3 Å². The molecule has 1 heterocycles. The SMILES string of the molecule is CO/C(=C(/C#N)c1ccccc1)c1ccco1. The molecule has 3 nitrogen and oxygen atoms in total. The first-order valence-electron chi connectivity index (χ1n) is 5.14. The summed E-state index contributed by atoms with van der Waals surface area (Å²) in [6.45, 7) is 0. The van der Waals surface area contributed by atoms with Crippen LogP contribution in [0.2, 0.25) is 0 Å². The van der Waals surface area contributed by atoms with Crippen molar-refractivity contribution in [3.63, 3.8) is 0 Å². The molecule has 0 aliphatic heterocycles. The molecule has 2 aromatic rings. The van der Waals surface area contributed by atoms with Crippen molar-refractivity contribution >= 4 is 11.3 Å². The van der Waals surface area contributed by atoms with E-state index < -0.39 is 0 Å². The number of rotatable bonds is 3. The Bertz CT molecular complexity index is 548. The standard InChI is InChI=1S/C14H11NO2/c1-16-14(13-8-5-9-17-13)12(10-15)11-6-3-2-4-7-11/h2-9H,1H3/b14-12-. The lowest BCUT2D eigenvalue weighted by molar-refractivity contribution is 0.354. The van der Waals surface area contributed by atoms with Crippen molar-refractivity contribution in [1.82, 2.24) is 0 Å². The molecule has 0 aliphatic rings. The van der Waals surface area contributed by atoms with Crippen molar-refractivity contribution in [3.05, 3.63) is 60.1 Å². The minimum Gasteiger partial charge on any atom is -0.492 e. The van der Waals surface area contributed by atoms with Gasteiger partial charge in [0.2, 0.25) is 0 Å². The van der Waals surface area contributed by atoms with Gasteiger partial charge in [0, 0.05) is 0 Å². The van der Waals surface area contributed by atoms with Gasteiger partial charge >= 0.3 is 0 Å². The van der Waals surface area contributed by atoms with Gasteiger partial charge in [-0.2, -0.15) is 5.26 Å². The van der Waals surface area contributed by atoms with Crippen LogP contribution in [0.15, 0.2) is 53.1 Å². The Morgan fingerprint density at radius 2 is 1.94 bits per heavy atom. The molecule has 0 radical (unpaired) electrons. The molecule has 0 saturated heterocycles. The summed E-state index contributed by atoms with van der Waals surface area (Å²) in [4.78, 5) is 0. The second kappa shape index (κ2) is 5.04. The van der Waals surface area contributed by atoms with Crippen molar-refractivity contribution in [2.24, 2.45) is 0 Å². The van der Waals surface area contributed by atoms with Crippen molar-refractivity contribution in [3.8, 4) is 6.07 Å². The van der Waals surface area contributed by atoms with Gasteiger partial charge in [0.25, 0.3) is 0 Å². The molecule has 3 heteroatoms. The zero-order valence-corrected chi connectivity index (χ0v) is 9.38. The fraction of sp³-hybridized carbons (Fsp3) is 0.0714. The highest BCUT2D eigenvalue weighted by Gasteiger charge is 2.13. The molecule has 1 aromatic heterocycles. The molecule has 0 unspecified atom stereocenters. The number of hydrogen-bond acceptors (Lipinski definition) is 3. The van der Waals surface area contributed by atoms with Crippen molar-refractivity contribution in [2.75, 3.05) is 7.11 Å². The van der Waals surface area contributed by atoms with E-state index in [1.165, 1.54) is 7.11 Å². The van der Waals surface area contributed by atoms with Gasteiger partial charge in [-0.3, -0.25) is 0 Å². The number of allylic oxidation sites excluding steroid dienone is 1. The number of ether oxygens (including phenoxy) is 1. The predicted octanol–water partition coefficient (Wildman–Crippen LogP) is 3.32. The Labute approximate surface area is 99.6 Å². The Morgan fingerprint density at radius 3 is 2.47 bits per heavy atom. The van der Waals surface area contributed by atoms with Crippen LogP contribution in [0.25, 0.3) is 11.3 Å². The zero-order chi connectivity index (χ0) is 12.1. The lowest BCUT2D eigenvalue weighted by Gasteiger charge is -2.06. The van der Waals surface area contributed by atoms with Gasteiger partial charge < -0.3 is 9.15 Å². The summed E-state index contributed by atoms with van der Waals surface area (Å²) < 4.78 is 10.5. The number of benzene rings is 1. The molecule has 0 spiro atoms. The van der Waals surface area contributed by atoms with Crippen LogP contribution in [-0.2, 0) is 4.74 Å². The van der Waals surface area contributed by atoms with Gasteiger partial charge in [0.05, 0.1) is 13.4 Å². The van der Waals surface area contributed by atoms with E-state index in [0.717, 1.165) is 5.56 Å². The third kappa shape index (κ3) is 2.21. The molecular formula is C14H11NO2. The Kier molecular flexibility index (Phi) is 3.27. The number of hydrogen-bond donors (Lipinski definition) is 0. The summed E-state index contributed by atoms with van der Waals surface area (Å²) in [6.07, 6.45) is 1.55. The number of nitrogens with zero attached hydrogens (tertiary/aromatic N) is 1. The Hall–Kier alpha value is -2.47. The van der Waals surface area contributed by atoms with E-state index in [1.807, 2.05) is 30.3 Å². The van der Waals surface area contributed by atoms with Crippen LogP contribution in [-0.4, -0.2) is 7.11 Å². The van der Waals surface area contributed by atoms with E-state index in [2.05, 4.69) is 6.07 Å². The average Bonchev–Trinajstić information content (AvgIpc) is 2.90. The quantitative estimate of drug-likeness (QED) is 0.594. The van der Waals surface area contributed by atoms with Crippen molar-refractivity contribution in [2.45, 2.75) is 0 Å². The third-order valence-electron chi connectivity index (χ3n) is 2.35. The number of furan rings is 1. The van der Waals surface area contributed by atoms with Crippen LogP contribution in [0, 0.1) is 11.3 Å². The van der Waals surface area contributed by atoms with Crippen LogP contribution >= 0.6 is 0 Å². The van der Waals surface area contributed by atoms with E-state index in [1.54, 1.807) is 18.4 Å². The summed E-state index contributed by atoms with van der Waals surface area (Å²) >= 11 is 0. The maximum absolute atomic E-state index is 9.25. The fourth-order valence-corrected chi connectivity index (χ4v) is 1.58. The molecule has 84 valence electrons.